The number of aromatic nitrogens is 1. The Morgan fingerprint density at radius 1 is 1.03 bits per heavy atom. The van der Waals surface area contributed by atoms with Crippen molar-refractivity contribution >= 4 is 28.0 Å². The summed E-state index contributed by atoms with van der Waals surface area (Å²) >= 11 is 1.55. The molecule has 0 spiro atoms. The van der Waals surface area contributed by atoms with Crippen LogP contribution in [-0.4, -0.2) is 36.1 Å². The molecule has 0 fully saturated rings. The first-order valence-electron chi connectivity index (χ1n) is 10.5. The number of aryl methyl sites for hydroxylation is 1. The Morgan fingerprint density at radius 2 is 1.81 bits per heavy atom. The highest BCUT2D eigenvalue weighted by Gasteiger charge is 2.19. The Morgan fingerprint density at radius 3 is 2.66 bits per heavy atom. The summed E-state index contributed by atoms with van der Waals surface area (Å²) in [5, 5.41) is 5.10. The summed E-state index contributed by atoms with van der Waals surface area (Å²) < 4.78 is 11.3. The molecule has 0 radical (unpaired) electrons. The molecule has 5 nitrogen and oxygen atoms in total. The molecular formula is C26H26N2O3S. The van der Waals surface area contributed by atoms with Gasteiger partial charge in [-0.2, -0.15) is 0 Å². The maximum Gasteiger partial charge on any atom is 0.254 e. The van der Waals surface area contributed by atoms with Gasteiger partial charge in [0, 0.05) is 30.0 Å². The molecule has 1 heterocycles. The first kappa shape index (κ1) is 22.0. The molecule has 0 aliphatic carbocycles. The van der Waals surface area contributed by atoms with E-state index in [1.54, 1.807) is 23.3 Å². The van der Waals surface area contributed by atoms with E-state index < -0.39 is 0 Å². The van der Waals surface area contributed by atoms with Crippen molar-refractivity contribution in [3.8, 4) is 5.75 Å². The number of nitrogens with zero attached hydrogens (tertiary/aromatic N) is 2. The third-order valence-electron chi connectivity index (χ3n) is 5.28. The second-order valence-electron chi connectivity index (χ2n) is 7.53. The van der Waals surface area contributed by atoms with E-state index in [-0.39, 0.29) is 5.91 Å². The number of methoxy groups -OCH3 is 1. The van der Waals surface area contributed by atoms with E-state index in [4.69, 9.17) is 14.5 Å². The van der Waals surface area contributed by atoms with E-state index >= 15 is 0 Å². The van der Waals surface area contributed by atoms with Crippen LogP contribution in [0.4, 0.5) is 0 Å². The molecule has 3 aromatic carbocycles. The molecule has 1 amide bonds. The van der Waals surface area contributed by atoms with Crippen molar-refractivity contribution in [2.24, 2.45) is 0 Å². The molecule has 32 heavy (non-hydrogen) atoms. The van der Waals surface area contributed by atoms with Gasteiger partial charge in [0.2, 0.25) is 0 Å². The number of ether oxygens (including phenoxy) is 2. The van der Waals surface area contributed by atoms with Crippen molar-refractivity contribution in [3.63, 3.8) is 0 Å². The summed E-state index contributed by atoms with van der Waals surface area (Å²) in [6.07, 6.45) is 0. The van der Waals surface area contributed by atoms with E-state index in [1.807, 2.05) is 60.8 Å². The van der Waals surface area contributed by atoms with Gasteiger partial charge in [0.1, 0.15) is 17.4 Å². The highest BCUT2D eigenvalue weighted by Crippen LogP contribution is 2.26. The first-order chi connectivity index (χ1) is 15.7. The van der Waals surface area contributed by atoms with Gasteiger partial charge in [0.15, 0.2) is 0 Å². The van der Waals surface area contributed by atoms with E-state index in [0.717, 1.165) is 32.8 Å². The van der Waals surface area contributed by atoms with Crippen LogP contribution in [0.15, 0.2) is 72.1 Å². The zero-order valence-corrected chi connectivity index (χ0v) is 19.1. The zero-order chi connectivity index (χ0) is 22.3. The van der Waals surface area contributed by atoms with Crippen molar-refractivity contribution in [3.05, 3.63) is 93.9 Å². The third kappa shape index (κ3) is 5.15. The molecule has 0 bridgehead atoms. The smallest absolute Gasteiger partial charge is 0.254 e. The number of rotatable bonds is 9. The predicted molar refractivity (Wildman–Crippen MR) is 128 cm³/mol. The molecule has 164 valence electrons. The van der Waals surface area contributed by atoms with E-state index in [9.17, 15) is 4.79 Å². The maximum atomic E-state index is 13.1. The molecule has 0 saturated heterocycles. The maximum absolute atomic E-state index is 13.1. The van der Waals surface area contributed by atoms with Gasteiger partial charge in [0.05, 0.1) is 18.8 Å². The molecule has 6 heteroatoms. The van der Waals surface area contributed by atoms with E-state index in [1.165, 1.54) is 0 Å². The van der Waals surface area contributed by atoms with Crippen molar-refractivity contribution in [2.75, 3.05) is 20.3 Å². The summed E-state index contributed by atoms with van der Waals surface area (Å²) in [6, 6.07) is 21.9. The average Bonchev–Trinajstić information content (AvgIpc) is 3.27. The molecule has 0 atom stereocenters. The number of carbonyl (C=O) groups is 1. The number of hydrogen-bond acceptors (Lipinski definition) is 5. The third-order valence-corrected chi connectivity index (χ3v) is 6.15. The number of carbonyl (C=O) groups excluding carboxylic acids is 1. The van der Waals surface area contributed by atoms with Crippen LogP contribution in [0.5, 0.6) is 5.75 Å². The molecular weight excluding hydrogens is 420 g/mol. The van der Waals surface area contributed by atoms with Crippen LogP contribution in [0.1, 0.15) is 26.6 Å². The minimum Gasteiger partial charge on any atom is -0.486 e. The lowest BCUT2D eigenvalue weighted by molar-refractivity contribution is 0.0677. The lowest BCUT2D eigenvalue weighted by atomic mass is 10.1. The lowest BCUT2D eigenvalue weighted by Gasteiger charge is -2.22. The number of amides is 1. The number of hydrogen-bond donors (Lipinski definition) is 0. The Kier molecular flexibility index (Phi) is 7.14. The minimum atomic E-state index is -0.0123. The second-order valence-corrected chi connectivity index (χ2v) is 8.48. The summed E-state index contributed by atoms with van der Waals surface area (Å²) in [4.78, 5) is 19.6. The van der Waals surface area contributed by atoms with Gasteiger partial charge in [-0.15, -0.1) is 11.3 Å². The Bertz CT molecular complexity index is 1200. The van der Waals surface area contributed by atoms with Crippen LogP contribution in [0.2, 0.25) is 0 Å². The van der Waals surface area contributed by atoms with Gasteiger partial charge in [0.25, 0.3) is 5.91 Å². The highest BCUT2D eigenvalue weighted by atomic mass is 32.1. The lowest BCUT2D eigenvalue weighted by Crippen LogP contribution is -2.34. The fraction of sp³-hybridized carbons (Fsp3) is 0.231. The fourth-order valence-corrected chi connectivity index (χ4v) is 4.28. The molecule has 0 N–H and O–H groups in total. The van der Waals surface area contributed by atoms with Crippen LogP contribution in [0, 0.1) is 6.92 Å². The molecule has 1 aromatic heterocycles. The van der Waals surface area contributed by atoms with Gasteiger partial charge in [-0.1, -0.05) is 54.6 Å². The molecule has 4 rings (SSSR count). The summed E-state index contributed by atoms with van der Waals surface area (Å²) in [5.41, 5.74) is 2.52. The van der Waals surface area contributed by atoms with Gasteiger partial charge >= 0.3 is 0 Å². The van der Waals surface area contributed by atoms with Gasteiger partial charge < -0.3 is 14.4 Å². The standard InChI is InChI=1S/C26H26N2O3S/c1-19-8-3-5-11-22(19)26(29)28(14-15-30-2)16-21-18-32-25(27-21)17-31-24-13-7-10-20-9-4-6-12-23(20)24/h3-13,18H,14-17H2,1-2H3. The Hall–Kier alpha value is -3.22. The second kappa shape index (κ2) is 10.4. The van der Waals surface area contributed by atoms with Crippen molar-refractivity contribution in [2.45, 2.75) is 20.1 Å². The molecule has 0 saturated carbocycles. The Balaban J connectivity index is 1.45. The van der Waals surface area contributed by atoms with E-state index in [0.29, 0.717) is 31.9 Å². The van der Waals surface area contributed by atoms with E-state index in [2.05, 4.69) is 18.2 Å². The quantitative estimate of drug-likeness (QED) is 0.342. The molecule has 0 unspecified atom stereocenters. The van der Waals surface area contributed by atoms with Gasteiger partial charge in [-0.3, -0.25) is 4.79 Å². The Labute approximate surface area is 192 Å². The fourth-order valence-electron chi connectivity index (χ4n) is 3.58. The number of fused-ring (bicyclic) bond motifs is 1. The molecule has 4 aromatic rings. The van der Waals surface area contributed by atoms with Gasteiger partial charge in [-0.25, -0.2) is 4.98 Å². The summed E-state index contributed by atoms with van der Waals surface area (Å²) in [6.45, 7) is 3.75. The number of benzene rings is 3. The SMILES string of the molecule is COCCN(Cc1csc(COc2cccc3ccccc23)n1)C(=O)c1ccccc1C. The zero-order valence-electron chi connectivity index (χ0n) is 18.3. The van der Waals surface area contributed by atoms with Crippen molar-refractivity contribution in [1.82, 2.24) is 9.88 Å². The predicted octanol–water partition coefficient (Wildman–Crippen LogP) is 5.47. The van der Waals surface area contributed by atoms with Crippen LogP contribution in [0.25, 0.3) is 10.8 Å². The van der Waals surface area contributed by atoms with Crippen molar-refractivity contribution in [1.29, 1.82) is 0 Å². The topological polar surface area (TPSA) is 51.7 Å². The van der Waals surface area contributed by atoms with Gasteiger partial charge in [-0.05, 0) is 30.0 Å². The average molecular weight is 447 g/mol. The normalized spacial score (nSPS) is 10.9. The minimum absolute atomic E-state index is 0.0123. The van der Waals surface area contributed by atoms with Crippen LogP contribution in [-0.2, 0) is 17.9 Å². The monoisotopic (exact) mass is 446 g/mol. The number of thiazole rings is 1. The summed E-state index contributed by atoms with van der Waals surface area (Å²) in [7, 11) is 1.64. The van der Waals surface area contributed by atoms with Crippen LogP contribution < -0.4 is 4.74 Å². The van der Waals surface area contributed by atoms with Crippen molar-refractivity contribution < 1.29 is 14.3 Å². The van der Waals surface area contributed by atoms with Crippen LogP contribution in [0.3, 0.4) is 0 Å². The first-order valence-corrected chi connectivity index (χ1v) is 11.4. The van der Waals surface area contributed by atoms with Crippen LogP contribution >= 0.6 is 11.3 Å². The summed E-state index contributed by atoms with van der Waals surface area (Å²) in [5.74, 6) is 0.831. The highest BCUT2D eigenvalue weighted by molar-refractivity contribution is 7.09. The largest absolute Gasteiger partial charge is 0.486 e. The molecule has 0 aliphatic heterocycles. The molecule has 0 aliphatic rings.